The van der Waals surface area contributed by atoms with Crippen molar-refractivity contribution < 1.29 is 19.1 Å². The van der Waals surface area contributed by atoms with Gasteiger partial charge in [0.1, 0.15) is 11.2 Å². The third-order valence-corrected chi connectivity index (χ3v) is 4.96. The van der Waals surface area contributed by atoms with Gasteiger partial charge in [0.25, 0.3) is 0 Å². The Bertz CT molecular complexity index is 950. The summed E-state index contributed by atoms with van der Waals surface area (Å²) in [6, 6.07) is 7.42. The summed E-state index contributed by atoms with van der Waals surface area (Å²) in [5, 5.41) is 1.00. The van der Waals surface area contributed by atoms with E-state index in [1.54, 1.807) is 9.47 Å². The molecule has 30 heavy (non-hydrogen) atoms. The maximum Gasteiger partial charge on any atom is 0.419 e. The molecule has 2 aromatic rings. The van der Waals surface area contributed by atoms with Gasteiger partial charge in [-0.25, -0.2) is 14.2 Å². The Morgan fingerprint density at radius 1 is 1.03 bits per heavy atom. The van der Waals surface area contributed by atoms with Gasteiger partial charge in [-0.1, -0.05) is 18.2 Å². The van der Waals surface area contributed by atoms with Gasteiger partial charge >= 0.3 is 12.2 Å². The van der Waals surface area contributed by atoms with Crippen LogP contribution in [0.3, 0.4) is 0 Å². The first-order valence-corrected chi connectivity index (χ1v) is 10.5. The van der Waals surface area contributed by atoms with Gasteiger partial charge in [-0.2, -0.15) is 0 Å². The van der Waals surface area contributed by atoms with Crippen LogP contribution in [0.2, 0.25) is 0 Å². The molecule has 1 aromatic heterocycles. The molecule has 7 nitrogen and oxygen atoms in total. The highest BCUT2D eigenvalue weighted by Crippen LogP contribution is 2.39. The summed E-state index contributed by atoms with van der Waals surface area (Å²) in [5.41, 5.74) is 7.29. The van der Waals surface area contributed by atoms with Gasteiger partial charge in [0, 0.05) is 11.9 Å². The van der Waals surface area contributed by atoms with Gasteiger partial charge in [0.05, 0.1) is 17.3 Å². The number of ether oxygens (including phenoxy) is 2. The number of carbonyl (C=O) groups excluding carboxylic acids is 2. The monoisotopic (exact) mass is 415 g/mol. The molecule has 7 heteroatoms. The van der Waals surface area contributed by atoms with Crippen molar-refractivity contribution in [3.8, 4) is 0 Å². The second-order valence-electron chi connectivity index (χ2n) is 9.71. The average molecular weight is 416 g/mol. The number of benzene rings is 1. The number of nitrogens with two attached hydrogens (primary N) is 1. The fraction of sp³-hybridized carbons (Fsp3) is 0.565. The number of rotatable bonds is 2. The van der Waals surface area contributed by atoms with E-state index in [0.29, 0.717) is 25.9 Å². The molecular formula is C23H33N3O4. The van der Waals surface area contributed by atoms with Crippen LogP contribution >= 0.6 is 0 Å². The molecule has 0 saturated carbocycles. The van der Waals surface area contributed by atoms with Crippen LogP contribution in [0.1, 0.15) is 65.3 Å². The molecule has 3 rings (SSSR count). The van der Waals surface area contributed by atoms with Crippen LogP contribution < -0.4 is 5.73 Å². The van der Waals surface area contributed by atoms with Crippen molar-refractivity contribution in [3.05, 3.63) is 35.5 Å². The third kappa shape index (κ3) is 4.46. The minimum absolute atomic E-state index is 0.367. The molecule has 164 valence electrons. The molecule has 0 saturated heterocycles. The molecule has 2 heterocycles. The second kappa shape index (κ2) is 7.95. The van der Waals surface area contributed by atoms with Crippen LogP contribution in [-0.2, 0) is 15.9 Å². The Labute approximate surface area is 178 Å². The Kier molecular flexibility index (Phi) is 5.87. The van der Waals surface area contributed by atoms with Crippen molar-refractivity contribution in [1.82, 2.24) is 9.47 Å². The number of fused-ring (bicyclic) bond motifs is 3. The van der Waals surface area contributed by atoms with Crippen molar-refractivity contribution in [2.45, 2.75) is 71.6 Å². The summed E-state index contributed by atoms with van der Waals surface area (Å²) >= 11 is 0. The lowest BCUT2D eigenvalue weighted by Gasteiger charge is -2.37. The summed E-state index contributed by atoms with van der Waals surface area (Å²) in [6.45, 7) is 11.9. The van der Waals surface area contributed by atoms with Crippen molar-refractivity contribution in [2.75, 3.05) is 13.1 Å². The molecule has 2 N–H and O–H groups in total. The molecular weight excluding hydrogens is 382 g/mol. The lowest BCUT2D eigenvalue weighted by molar-refractivity contribution is 0.0119. The molecule has 1 atom stereocenters. The standard InChI is InChI=1S/C23H33N3O4/c1-22(2,3)29-20(27)25-14-12-16-15-9-7-8-10-17(15)26(19(16)18(25)11-13-24)21(28)30-23(4,5)6/h7-10,18H,11-14,24H2,1-6H3/t18-/m1/s1. The zero-order chi connectivity index (χ0) is 22.3. The fourth-order valence-electron chi connectivity index (χ4n) is 3.97. The van der Waals surface area contributed by atoms with Crippen LogP contribution in [0, 0.1) is 0 Å². The largest absolute Gasteiger partial charge is 0.444 e. The van der Waals surface area contributed by atoms with E-state index in [4.69, 9.17) is 15.2 Å². The second-order valence-corrected chi connectivity index (χ2v) is 9.71. The molecule has 0 unspecified atom stereocenters. The number of hydrogen-bond donors (Lipinski definition) is 1. The molecule has 1 aromatic carbocycles. The van der Waals surface area contributed by atoms with Crippen LogP contribution in [-0.4, -0.2) is 45.9 Å². The van der Waals surface area contributed by atoms with Crippen molar-refractivity contribution in [2.24, 2.45) is 5.73 Å². The van der Waals surface area contributed by atoms with Crippen LogP contribution in [0.25, 0.3) is 10.9 Å². The lowest BCUT2D eigenvalue weighted by atomic mass is 9.95. The van der Waals surface area contributed by atoms with Gasteiger partial charge < -0.3 is 15.2 Å². The summed E-state index contributed by atoms with van der Waals surface area (Å²) in [4.78, 5) is 27.9. The molecule has 0 fully saturated rings. The number of nitrogens with zero attached hydrogens (tertiary/aromatic N) is 2. The van der Waals surface area contributed by atoms with Crippen molar-refractivity contribution >= 4 is 23.1 Å². The smallest absolute Gasteiger partial charge is 0.419 e. The Balaban J connectivity index is 2.16. The van der Waals surface area contributed by atoms with E-state index in [0.717, 1.165) is 22.2 Å². The lowest BCUT2D eigenvalue weighted by Crippen LogP contribution is -2.44. The minimum Gasteiger partial charge on any atom is -0.444 e. The minimum atomic E-state index is -0.641. The maximum absolute atomic E-state index is 13.2. The topological polar surface area (TPSA) is 86.8 Å². The molecule has 0 spiro atoms. The van der Waals surface area contributed by atoms with Crippen LogP contribution in [0.4, 0.5) is 9.59 Å². The van der Waals surface area contributed by atoms with E-state index >= 15 is 0 Å². The highest BCUT2D eigenvalue weighted by molar-refractivity contribution is 5.94. The first kappa shape index (κ1) is 22.2. The predicted molar refractivity (Wildman–Crippen MR) is 117 cm³/mol. The average Bonchev–Trinajstić information content (AvgIpc) is 2.94. The van der Waals surface area contributed by atoms with Crippen LogP contribution in [0.15, 0.2) is 24.3 Å². The molecule has 1 aliphatic heterocycles. The van der Waals surface area contributed by atoms with Crippen molar-refractivity contribution in [1.29, 1.82) is 0 Å². The van der Waals surface area contributed by atoms with E-state index in [-0.39, 0.29) is 6.04 Å². The third-order valence-electron chi connectivity index (χ3n) is 4.96. The summed E-state index contributed by atoms with van der Waals surface area (Å²) in [6.07, 6.45) is 0.303. The zero-order valence-electron chi connectivity index (χ0n) is 18.8. The van der Waals surface area contributed by atoms with Gasteiger partial charge in [-0.15, -0.1) is 0 Å². The SMILES string of the molecule is CC(C)(C)OC(=O)N1CCc2c(n(C(=O)OC(C)(C)C)c3ccccc23)[C@H]1CCN. The van der Waals surface area contributed by atoms with Gasteiger partial charge in [-0.05, 0) is 72.6 Å². The van der Waals surface area contributed by atoms with Gasteiger partial charge in [0.2, 0.25) is 0 Å². The zero-order valence-corrected chi connectivity index (χ0v) is 18.8. The number of carbonyl (C=O) groups is 2. The fourth-order valence-corrected chi connectivity index (χ4v) is 3.97. The Hall–Kier alpha value is -2.54. The van der Waals surface area contributed by atoms with E-state index < -0.39 is 23.4 Å². The quantitative estimate of drug-likeness (QED) is 0.774. The first-order valence-electron chi connectivity index (χ1n) is 10.5. The highest BCUT2D eigenvalue weighted by Gasteiger charge is 2.39. The highest BCUT2D eigenvalue weighted by atomic mass is 16.6. The van der Waals surface area contributed by atoms with Crippen LogP contribution in [0.5, 0.6) is 0 Å². The summed E-state index contributed by atoms with van der Waals surface area (Å²) in [7, 11) is 0. The molecule has 1 amide bonds. The normalized spacial score (nSPS) is 17.0. The molecule has 0 radical (unpaired) electrons. The Morgan fingerprint density at radius 3 is 2.23 bits per heavy atom. The molecule has 1 aliphatic rings. The summed E-state index contributed by atoms with van der Waals surface area (Å²) < 4.78 is 13.0. The van der Waals surface area contributed by atoms with E-state index in [1.165, 1.54) is 0 Å². The number of hydrogen-bond acceptors (Lipinski definition) is 5. The van der Waals surface area contributed by atoms with E-state index in [1.807, 2.05) is 65.8 Å². The van der Waals surface area contributed by atoms with Crippen molar-refractivity contribution in [3.63, 3.8) is 0 Å². The number of aromatic nitrogens is 1. The predicted octanol–water partition coefficient (Wildman–Crippen LogP) is 4.61. The van der Waals surface area contributed by atoms with Gasteiger partial charge in [-0.3, -0.25) is 4.90 Å². The maximum atomic E-state index is 13.2. The van der Waals surface area contributed by atoms with Gasteiger partial charge in [0.15, 0.2) is 0 Å². The molecule has 0 bridgehead atoms. The van der Waals surface area contributed by atoms with E-state index in [2.05, 4.69) is 0 Å². The summed E-state index contributed by atoms with van der Waals surface area (Å²) in [5.74, 6) is 0. The van der Waals surface area contributed by atoms with E-state index in [9.17, 15) is 9.59 Å². The Morgan fingerprint density at radius 2 is 1.63 bits per heavy atom. The number of amides is 1. The first-order chi connectivity index (χ1) is 13.9. The number of para-hydroxylation sites is 1. The molecule has 0 aliphatic carbocycles.